The van der Waals surface area contributed by atoms with E-state index in [1.165, 1.54) is 18.0 Å². The van der Waals surface area contributed by atoms with E-state index < -0.39 is 15.6 Å². The molecular weight excluding hydrogens is 342 g/mol. The number of nitrogens with one attached hydrogen (secondary N) is 2. The molecule has 24 heavy (non-hydrogen) atoms. The van der Waals surface area contributed by atoms with Gasteiger partial charge in [-0.1, -0.05) is 12.1 Å². The number of benzene rings is 1. The fraction of sp³-hybridized carbons (Fsp3) is 0.353. The fourth-order valence-corrected chi connectivity index (χ4v) is 4.08. The maximum absolute atomic E-state index is 12.7. The Hall–Kier alpha value is -1.57. The largest absolute Gasteiger partial charge is 0.354 e. The third-order valence-corrected chi connectivity index (χ3v) is 5.51. The van der Waals surface area contributed by atoms with Gasteiger partial charge in [-0.25, -0.2) is 18.1 Å². The average Bonchev–Trinajstić information content (AvgIpc) is 2.44. The maximum Gasteiger partial charge on any atom is 0.244 e. The van der Waals surface area contributed by atoms with Gasteiger partial charge < -0.3 is 5.32 Å². The summed E-state index contributed by atoms with van der Waals surface area (Å²) < 4.78 is 28.1. The fourth-order valence-electron chi connectivity index (χ4n) is 2.18. The lowest BCUT2D eigenvalue weighted by molar-refractivity contribution is 0.491. The van der Waals surface area contributed by atoms with Gasteiger partial charge in [0.2, 0.25) is 10.0 Å². The lowest BCUT2D eigenvalue weighted by atomic mass is 10.1. The molecule has 0 saturated carbocycles. The molecule has 5 nitrogen and oxygen atoms in total. The molecule has 0 amide bonds. The Morgan fingerprint density at radius 1 is 1.17 bits per heavy atom. The minimum absolute atomic E-state index is 0.136. The van der Waals surface area contributed by atoms with Gasteiger partial charge in [-0.05, 0) is 57.7 Å². The van der Waals surface area contributed by atoms with Crippen LogP contribution in [0.25, 0.3) is 0 Å². The zero-order valence-electron chi connectivity index (χ0n) is 14.5. The standard InChI is InChI=1S/C17H23N3O2S2/c1-12-7-6-8-13(9-12)19-14-10-16(23-5)18-11-15(14)24(21,22)20-17(2,3)4/h6-11,20H,1-5H3,(H,18,19). The van der Waals surface area contributed by atoms with Gasteiger partial charge in [-0.15, -0.1) is 11.8 Å². The number of hydrogen-bond acceptors (Lipinski definition) is 5. The van der Waals surface area contributed by atoms with Crippen LogP contribution in [0.2, 0.25) is 0 Å². The number of sulfonamides is 1. The Balaban J connectivity index is 2.49. The molecule has 0 radical (unpaired) electrons. The summed E-state index contributed by atoms with van der Waals surface area (Å²) >= 11 is 1.46. The Bertz CT molecular complexity index is 828. The van der Waals surface area contributed by atoms with Crippen LogP contribution in [-0.2, 0) is 10.0 Å². The summed E-state index contributed by atoms with van der Waals surface area (Å²) in [6, 6.07) is 9.54. The van der Waals surface area contributed by atoms with E-state index in [0.717, 1.165) is 16.3 Å². The van der Waals surface area contributed by atoms with Crippen molar-refractivity contribution in [2.75, 3.05) is 11.6 Å². The van der Waals surface area contributed by atoms with E-state index in [-0.39, 0.29) is 4.90 Å². The highest BCUT2D eigenvalue weighted by Gasteiger charge is 2.25. The molecule has 0 aliphatic rings. The molecule has 0 unspecified atom stereocenters. The normalized spacial score (nSPS) is 12.2. The third kappa shape index (κ3) is 4.96. The van der Waals surface area contributed by atoms with E-state index in [4.69, 9.17) is 0 Å². The van der Waals surface area contributed by atoms with Crippen LogP contribution in [0.5, 0.6) is 0 Å². The molecule has 0 bridgehead atoms. The van der Waals surface area contributed by atoms with Gasteiger partial charge >= 0.3 is 0 Å². The SMILES string of the molecule is CSc1cc(Nc2cccc(C)c2)c(S(=O)(=O)NC(C)(C)C)cn1. The minimum Gasteiger partial charge on any atom is -0.354 e. The second-order valence-electron chi connectivity index (χ2n) is 6.57. The lowest BCUT2D eigenvalue weighted by Crippen LogP contribution is -2.40. The van der Waals surface area contributed by atoms with Gasteiger partial charge in [0.05, 0.1) is 16.9 Å². The molecule has 2 aromatic rings. The summed E-state index contributed by atoms with van der Waals surface area (Å²) in [5.74, 6) is 0. The van der Waals surface area contributed by atoms with Crippen LogP contribution in [0.4, 0.5) is 11.4 Å². The Morgan fingerprint density at radius 2 is 1.88 bits per heavy atom. The Morgan fingerprint density at radius 3 is 2.46 bits per heavy atom. The molecule has 130 valence electrons. The van der Waals surface area contributed by atoms with Crippen LogP contribution in [0.3, 0.4) is 0 Å². The summed E-state index contributed by atoms with van der Waals surface area (Å²) in [6.45, 7) is 7.41. The number of hydrogen-bond donors (Lipinski definition) is 2. The van der Waals surface area contributed by atoms with Crippen molar-refractivity contribution in [1.29, 1.82) is 0 Å². The summed E-state index contributed by atoms with van der Waals surface area (Å²) in [7, 11) is -3.69. The van der Waals surface area contributed by atoms with Crippen LogP contribution < -0.4 is 10.0 Å². The van der Waals surface area contributed by atoms with E-state index >= 15 is 0 Å². The van der Waals surface area contributed by atoms with E-state index in [1.54, 1.807) is 6.07 Å². The molecule has 7 heteroatoms. The first-order valence-electron chi connectivity index (χ1n) is 7.52. The van der Waals surface area contributed by atoms with Gasteiger partial charge in [0.15, 0.2) is 0 Å². The Kier molecular flexibility index (Phi) is 5.57. The molecule has 0 aliphatic heterocycles. The summed E-state index contributed by atoms with van der Waals surface area (Å²) in [4.78, 5) is 4.35. The van der Waals surface area contributed by atoms with Crippen LogP contribution in [-0.4, -0.2) is 25.2 Å². The molecule has 1 aromatic carbocycles. The average molecular weight is 366 g/mol. The molecule has 0 fully saturated rings. The molecule has 1 heterocycles. The number of thioether (sulfide) groups is 1. The van der Waals surface area contributed by atoms with Crippen molar-refractivity contribution in [1.82, 2.24) is 9.71 Å². The molecule has 1 aromatic heterocycles. The quantitative estimate of drug-likeness (QED) is 0.786. The minimum atomic E-state index is -3.69. The zero-order valence-corrected chi connectivity index (χ0v) is 16.2. The van der Waals surface area contributed by atoms with Gasteiger partial charge in [0, 0.05) is 11.2 Å². The maximum atomic E-state index is 12.7. The van der Waals surface area contributed by atoms with Gasteiger partial charge in [0.1, 0.15) is 4.90 Å². The summed E-state index contributed by atoms with van der Waals surface area (Å²) in [5, 5.41) is 3.96. The van der Waals surface area contributed by atoms with Gasteiger partial charge in [-0.2, -0.15) is 0 Å². The molecule has 2 rings (SSSR count). The first-order chi connectivity index (χ1) is 11.1. The number of aryl methyl sites for hydroxylation is 1. The molecule has 0 aliphatic carbocycles. The molecular formula is C17H23N3O2S2. The second kappa shape index (κ2) is 7.13. The molecule has 0 spiro atoms. The van der Waals surface area contributed by atoms with Crippen LogP contribution in [0.15, 0.2) is 46.5 Å². The number of nitrogens with zero attached hydrogens (tertiary/aromatic N) is 1. The van der Waals surface area contributed by atoms with Gasteiger partial charge in [-0.3, -0.25) is 0 Å². The highest BCUT2D eigenvalue weighted by Crippen LogP contribution is 2.28. The van der Waals surface area contributed by atoms with E-state index in [1.807, 2.05) is 58.2 Å². The molecule has 0 saturated heterocycles. The first-order valence-corrected chi connectivity index (χ1v) is 10.2. The van der Waals surface area contributed by atoms with Crippen LogP contribution >= 0.6 is 11.8 Å². The van der Waals surface area contributed by atoms with Crippen molar-refractivity contribution < 1.29 is 8.42 Å². The van der Waals surface area contributed by atoms with Crippen molar-refractivity contribution >= 4 is 33.2 Å². The highest BCUT2D eigenvalue weighted by atomic mass is 32.2. The lowest BCUT2D eigenvalue weighted by Gasteiger charge is -2.22. The topological polar surface area (TPSA) is 71.1 Å². The molecule has 0 atom stereocenters. The summed E-state index contributed by atoms with van der Waals surface area (Å²) in [5.41, 5.74) is 1.87. The highest BCUT2D eigenvalue weighted by molar-refractivity contribution is 7.98. The number of anilines is 2. The number of pyridine rings is 1. The van der Waals surface area contributed by atoms with Crippen molar-refractivity contribution in [3.63, 3.8) is 0 Å². The second-order valence-corrected chi connectivity index (χ2v) is 9.05. The van der Waals surface area contributed by atoms with Crippen molar-refractivity contribution in [2.45, 2.75) is 43.2 Å². The summed E-state index contributed by atoms with van der Waals surface area (Å²) in [6.07, 6.45) is 3.30. The van der Waals surface area contributed by atoms with E-state index in [2.05, 4.69) is 15.0 Å². The zero-order chi connectivity index (χ0) is 18.0. The molecule has 2 N–H and O–H groups in total. The van der Waals surface area contributed by atoms with Crippen LogP contribution in [0, 0.1) is 6.92 Å². The van der Waals surface area contributed by atoms with E-state index in [0.29, 0.717) is 5.69 Å². The first kappa shape index (κ1) is 18.8. The van der Waals surface area contributed by atoms with E-state index in [9.17, 15) is 8.42 Å². The van der Waals surface area contributed by atoms with Gasteiger partial charge in [0.25, 0.3) is 0 Å². The van der Waals surface area contributed by atoms with Crippen molar-refractivity contribution in [3.8, 4) is 0 Å². The smallest absolute Gasteiger partial charge is 0.244 e. The van der Waals surface area contributed by atoms with Crippen molar-refractivity contribution in [3.05, 3.63) is 42.1 Å². The predicted molar refractivity (Wildman–Crippen MR) is 101 cm³/mol. The number of aromatic nitrogens is 1. The number of rotatable bonds is 5. The monoisotopic (exact) mass is 365 g/mol. The van der Waals surface area contributed by atoms with Crippen LogP contribution in [0.1, 0.15) is 26.3 Å². The Labute approximate surface area is 148 Å². The van der Waals surface area contributed by atoms with Crippen molar-refractivity contribution in [2.24, 2.45) is 0 Å². The third-order valence-electron chi connectivity index (χ3n) is 3.08. The predicted octanol–water partition coefficient (Wildman–Crippen LogP) is 3.93.